The van der Waals surface area contributed by atoms with Gasteiger partial charge in [-0.1, -0.05) is 12.1 Å². The third-order valence-corrected chi connectivity index (χ3v) is 6.54. The second-order valence-electron chi connectivity index (χ2n) is 8.62. The van der Waals surface area contributed by atoms with Gasteiger partial charge in [0, 0.05) is 49.5 Å². The highest BCUT2D eigenvalue weighted by atomic mass is 19.1. The molecule has 0 amide bonds. The molecule has 0 radical (unpaired) electrons. The van der Waals surface area contributed by atoms with Gasteiger partial charge < -0.3 is 15.5 Å². The van der Waals surface area contributed by atoms with Crippen LogP contribution in [0.15, 0.2) is 42.7 Å². The Kier molecular flexibility index (Phi) is 5.35. The molecule has 8 heteroatoms. The summed E-state index contributed by atoms with van der Waals surface area (Å²) < 4.78 is 17.1. The Morgan fingerprint density at radius 3 is 2.97 bits per heavy atom. The zero-order valence-corrected chi connectivity index (χ0v) is 18.9. The van der Waals surface area contributed by atoms with Crippen LogP contribution < -0.4 is 15.5 Å². The Bertz CT molecular complexity index is 1390. The van der Waals surface area contributed by atoms with Gasteiger partial charge >= 0.3 is 0 Å². The van der Waals surface area contributed by atoms with Crippen LogP contribution in [0.5, 0.6) is 0 Å². The quantitative estimate of drug-likeness (QED) is 0.493. The second kappa shape index (κ2) is 8.34. The van der Waals surface area contributed by atoms with Gasteiger partial charge in [0.2, 0.25) is 5.78 Å². The first-order valence-corrected chi connectivity index (χ1v) is 11.2. The maximum absolute atomic E-state index is 15.3. The molecule has 3 heterocycles. The second-order valence-corrected chi connectivity index (χ2v) is 8.62. The number of halogens is 1. The molecular weight excluding hydrogens is 417 g/mol. The van der Waals surface area contributed by atoms with Crippen LogP contribution in [0.2, 0.25) is 0 Å². The fraction of sp³-hybridized carbons (Fsp3) is 0.320. The van der Waals surface area contributed by atoms with Crippen molar-refractivity contribution in [3.63, 3.8) is 0 Å². The van der Waals surface area contributed by atoms with Crippen LogP contribution in [0, 0.1) is 24.1 Å². The number of nitrogens with zero attached hydrogens (tertiary/aromatic N) is 5. The van der Waals surface area contributed by atoms with E-state index in [0.717, 1.165) is 36.1 Å². The lowest BCUT2D eigenvalue weighted by molar-refractivity contribution is 0.491. The maximum atomic E-state index is 15.3. The van der Waals surface area contributed by atoms with Crippen molar-refractivity contribution in [2.24, 2.45) is 0 Å². The summed E-state index contributed by atoms with van der Waals surface area (Å²) in [5, 5.41) is 17.1. The predicted molar refractivity (Wildman–Crippen MR) is 128 cm³/mol. The summed E-state index contributed by atoms with van der Waals surface area (Å²) in [6, 6.07) is 11.5. The molecule has 1 aliphatic rings. The van der Waals surface area contributed by atoms with Gasteiger partial charge in [0.05, 0.1) is 28.9 Å². The van der Waals surface area contributed by atoms with Crippen LogP contribution in [0.1, 0.15) is 36.6 Å². The van der Waals surface area contributed by atoms with Gasteiger partial charge in [0.25, 0.3) is 0 Å². The van der Waals surface area contributed by atoms with Crippen LogP contribution in [0.3, 0.4) is 0 Å². The number of nitrogens with one attached hydrogen (secondary N) is 2. The Morgan fingerprint density at radius 2 is 2.18 bits per heavy atom. The number of piperazine rings is 1. The molecule has 0 spiro atoms. The molecule has 0 saturated carbocycles. The van der Waals surface area contributed by atoms with Gasteiger partial charge in [0.15, 0.2) is 0 Å². The van der Waals surface area contributed by atoms with E-state index in [2.05, 4.69) is 33.5 Å². The fourth-order valence-corrected chi connectivity index (χ4v) is 4.72. The van der Waals surface area contributed by atoms with E-state index in [1.54, 1.807) is 22.9 Å². The fourth-order valence-electron chi connectivity index (χ4n) is 4.72. The Balaban J connectivity index is 1.64. The molecule has 33 heavy (non-hydrogen) atoms. The summed E-state index contributed by atoms with van der Waals surface area (Å²) in [6.07, 6.45) is 3.46. The number of hydrogen-bond donors (Lipinski definition) is 2. The van der Waals surface area contributed by atoms with Gasteiger partial charge in [-0.3, -0.25) is 4.40 Å². The Labute approximate surface area is 191 Å². The van der Waals surface area contributed by atoms with Crippen LogP contribution in [-0.2, 0) is 0 Å². The number of anilines is 2. The number of rotatable bonds is 4. The smallest absolute Gasteiger partial charge is 0.236 e. The number of hydrogen-bond acceptors (Lipinski definition) is 6. The summed E-state index contributed by atoms with van der Waals surface area (Å²) in [5.74, 6) is 0.887. The zero-order chi connectivity index (χ0) is 23.1. The summed E-state index contributed by atoms with van der Waals surface area (Å²) in [6.45, 7) is 8.46. The van der Waals surface area contributed by atoms with E-state index in [4.69, 9.17) is 4.98 Å². The molecule has 5 rings (SSSR count). The SMILES string of the molecule is Cc1c(C#N)cccc1C(C)Nc1nc2nccn2c2cc(F)c(N3CCNCC3C)cc12. The van der Waals surface area contributed by atoms with Gasteiger partial charge in [-0.05, 0) is 44.0 Å². The average Bonchev–Trinajstić information content (AvgIpc) is 3.28. The van der Waals surface area contributed by atoms with Crippen molar-refractivity contribution in [2.45, 2.75) is 32.9 Å². The van der Waals surface area contributed by atoms with Gasteiger partial charge in [-0.15, -0.1) is 0 Å². The molecule has 0 bridgehead atoms. The predicted octanol–water partition coefficient (Wildman–Crippen LogP) is 4.17. The molecule has 2 aromatic carbocycles. The first-order chi connectivity index (χ1) is 16.0. The monoisotopic (exact) mass is 443 g/mol. The lowest BCUT2D eigenvalue weighted by Crippen LogP contribution is -2.50. The van der Waals surface area contributed by atoms with Crippen molar-refractivity contribution in [3.8, 4) is 6.07 Å². The van der Waals surface area contributed by atoms with Gasteiger partial charge in [-0.2, -0.15) is 10.2 Å². The van der Waals surface area contributed by atoms with Gasteiger partial charge in [-0.25, -0.2) is 9.37 Å². The first kappa shape index (κ1) is 21.2. The van der Waals surface area contributed by atoms with Crippen molar-refractivity contribution >= 4 is 28.2 Å². The third-order valence-electron chi connectivity index (χ3n) is 6.54. The molecule has 1 fully saturated rings. The van der Waals surface area contributed by atoms with Crippen molar-refractivity contribution in [2.75, 3.05) is 29.9 Å². The minimum absolute atomic E-state index is 0.113. The van der Waals surface area contributed by atoms with E-state index in [0.29, 0.717) is 28.4 Å². The number of fused-ring (bicyclic) bond motifs is 3. The highest BCUT2D eigenvalue weighted by Crippen LogP contribution is 2.33. The highest BCUT2D eigenvalue weighted by Gasteiger charge is 2.23. The topological polar surface area (TPSA) is 81.3 Å². The Hall–Kier alpha value is -3.70. The lowest BCUT2D eigenvalue weighted by atomic mass is 9.98. The van der Waals surface area contributed by atoms with E-state index in [1.165, 1.54) is 0 Å². The van der Waals surface area contributed by atoms with Crippen LogP contribution in [-0.4, -0.2) is 40.0 Å². The normalized spacial score (nSPS) is 17.3. The summed E-state index contributed by atoms with van der Waals surface area (Å²) in [7, 11) is 0. The molecule has 2 atom stereocenters. The molecule has 4 aromatic rings. The molecule has 2 unspecified atom stereocenters. The molecular formula is C25H26FN7. The summed E-state index contributed by atoms with van der Waals surface area (Å²) >= 11 is 0. The Morgan fingerprint density at radius 1 is 1.33 bits per heavy atom. The van der Waals surface area contributed by atoms with E-state index >= 15 is 4.39 Å². The lowest BCUT2D eigenvalue weighted by Gasteiger charge is -2.36. The van der Waals surface area contributed by atoms with Crippen molar-refractivity contribution < 1.29 is 4.39 Å². The first-order valence-electron chi connectivity index (χ1n) is 11.2. The molecule has 7 nitrogen and oxygen atoms in total. The standard InChI is InChI=1S/C25H26FN7/c1-15-14-28-7-9-32(15)23-11-20-22(12-21(23)26)33-10-8-29-25(33)31-24(20)30-17(3)19-6-4-5-18(13-27)16(19)2/h4-6,8,10-12,15,17,28H,7,9,14H2,1-3H3,(H,29,30,31). The van der Waals surface area contributed by atoms with E-state index < -0.39 is 0 Å². The van der Waals surface area contributed by atoms with E-state index in [9.17, 15) is 5.26 Å². The van der Waals surface area contributed by atoms with Crippen molar-refractivity contribution in [1.29, 1.82) is 5.26 Å². The maximum Gasteiger partial charge on any atom is 0.236 e. The summed E-state index contributed by atoms with van der Waals surface area (Å²) in [5.41, 5.74) is 3.90. The van der Waals surface area contributed by atoms with Crippen LogP contribution in [0.25, 0.3) is 16.7 Å². The molecule has 1 aliphatic heterocycles. The minimum atomic E-state index is -0.256. The molecule has 0 aliphatic carbocycles. The number of benzene rings is 2. The van der Waals surface area contributed by atoms with Crippen molar-refractivity contribution in [1.82, 2.24) is 19.7 Å². The zero-order valence-electron chi connectivity index (χ0n) is 18.9. The van der Waals surface area contributed by atoms with Crippen LogP contribution in [0.4, 0.5) is 15.9 Å². The van der Waals surface area contributed by atoms with Crippen molar-refractivity contribution in [3.05, 3.63) is 65.2 Å². The number of aromatic nitrogens is 3. The van der Waals surface area contributed by atoms with E-state index in [1.807, 2.05) is 38.1 Å². The highest BCUT2D eigenvalue weighted by molar-refractivity contribution is 5.94. The number of nitriles is 1. The molecule has 2 aromatic heterocycles. The number of imidazole rings is 1. The van der Waals surface area contributed by atoms with E-state index in [-0.39, 0.29) is 17.9 Å². The summed E-state index contributed by atoms with van der Waals surface area (Å²) in [4.78, 5) is 11.2. The minimum Gasteiger partial charge on any atom is -0.364 e. The molecule has 2 N–H and O–H groups in total. The van der Waals surface area contributed by atoms with Gasteiger partial charge in [0.1, 0.15) is 11.6 Å². The molecule has 1 saturated heterocycles. The average molecular weight is 444 g/mol. The molecule has 168 valence electrons. The largest absolute Gasteiger partial charge is 0.364 e. The van der Waals surface area contributed by atoms with Crippen LogP contribution >= 0.6 is 0 Å². The third kappa shape index (κ3) is 3.64.